The molecule has 1 fully saturated rings. The molecule has 0 bridgehead atoms. The van der Waals surface area contributed by atoms with Crippen molar-refractivity contribution < 1.29 is 22.7 Å². The maximum atomic E-state index is 12.8. The standard InChI is InChI=1S/C20H30N2O5S/c1-5-15(3)18(20(24)27-4)21-19(23)16-10-12-22(13-11-16)28(25,26)17-8-6-14(2)7-9-17/h6-9,15-16,18H,5,10-13H2,1-4H3,(H,21,23). The maximum Gasteiger partial charge on any atom is 0.328 e. The van der Waals surface area contributed by atoms with Gasteiger partial charge in [0.05, 0.1) is 12.0 Å². The quantitative estimate of drug-likeness (QED) is 0.695. The molecule has 2 unspecified atom stereocenters. The highest BCUT2D eigenvalue weighted by Crippen LogP contribution is 2.24. The third-order valence-corrected chi connectivity index (χ3v) is 7.36. The molecule has 0 aliphatic carbocycles. The Balaban J connectivity index is 1.99. The molecule has 1 aliphatic heterocycles. The number of nitrogens with zero attached hydrogens (tertiary/aromatic N) is 1. The molecule has 1 saturated heterocycles. The second-order valence-electron chi connectivity index (χ2n) is 7.39. The smallest absolute Gasteiger partial charge is 0.328 e. The molecule has 156 valence electrons. The number of carbonyl (C=O) groups is 2. The third kappa shape index (κ3) is 5.11. The number of methoxy groups -OCH3 is 1. The fourth-order valence-electron chi connectivity index (χ4n) is 3.28. The molecule has 1 aromatic rings. The number of hydrogen-bond acceptors (Lipinski definition) is 5. The van der Waals surface area contributed by atoms with Gasteiger partial charge in [0, 0.05) is 19.0 Å². The highest BCUT2D eigenvalue weighted by atomic mass is 32.2. The van der Waals surface area contributed by atoms with Gasteiger partial charge in [0.15, 0.2) is 0 Å². The zero-order valence-electron chi connectivity index (χ0n) is 17.0. The number of aryl methyl sites for hydroxylation is 1. The number of ether oxygens (including phenoxy) is 1. The van der Waals surface area contributed by atoms with Gasteiger partial charge in [-0.05, 0) is 37.8 Å². The minimum absolute atomic E-state index is 0.0431. The first-order valence-electron chi connectivity index (χ1n) is 9.65. The SMILES string of the molecule is CCC(C)C(NC(=O)C1CCN(S(=O)(=O)c2ccc(C)cc2)CC1)C(=O)OC. The first-order chi connectivity index (χ1) is 13.2. The summed E-state index contributed by atoms with van der Waals surface area (Å²) in [5, 5.41) is 2.80. The molecule has 0 spiro atoms. The summed E-state index contributed by atoms with van der Waals surface area (Å²) in [7, 11) is -2.25. The zero-order valence-corrected chi connectivity index (χ0v) is 17.8. The number of hydrogen-bond donors (Lipinski definition) is 1. The first kappa shape index (κ1) is 22.4. The van der Waals surface area contributed by atoms with Crippen LogP contribution in [0.1, 0.15) is 38.7 Å². The van der Waals surface area contributed by atoms with Crippen LogP contribution in [0.2, 0.25) is 0 Å². The van der Waals surface area contributed by atoms with E-state index in [4.69, 9.17) is 4.74 Å². The van der Waals surface area contributed by atoms with E-state index in [1.54, 1.807) is 24.3 Å². The van der Waals surface area contributed by atoms with Crippen molar-refractivity contribution in [2.45, 2.75) is 51.0 Å². The van der Waals surface area contributed by atoms with Gasteiger partial charge in [-0.15, -0.1) is 0 Å². The molecule has 1 N–H and O–H groups in total. The van der Waals surface area contributed by atoms with Crippen molar-refractivity contribution in [3.8, 4) is 0 Å². The van der Waals surface area contributed by atoms with E-state index < -0.39 is 22.0 Å². The largest absolute Gasteiger partial charge is 0.467 e. The molecule has 2 rings (SSSR count). The average molecular weight is 411 g/mol. The van der Waals surface area contributed by atoms with Crippen molar-refractivity contribution in [3.63, 3.8) is 0 Å². The van der Waals surface area contributed by atoms with Gasteiger partial charge in [-0.2, -0.15) is 4.31 Å². The van der Waals surface area contributed by atoms with Gasteiger partial charge in [-0.25, -0.2) is 13.2 Å². The van der Waals surface area contributed by atoms with E-state index >= 15 is 0 Å². The van der Waals surface area contributed by atoms with Crippen LogP contribution in [0.4, 0.5) is 0 Å². The van der Waals surface area contributed by atoms with E-state index in [0.717, 1.165) is 12.0 Å². The van der Waals surface area contributed by atoms with Crippen LogP contribution in [-0.2, 0) is 24.3 Å². The number of carbonyl (C=O) groups excluding carboxylic acids is 2. The molecule has 1 aromatic carbocycles. The lowest BCUT2D eigenvalue weighted by Crippen LogP contribution is -2.50. The summed E-state index contributed by atoms with van der Waals surface area (Å²) >= 11 is 0. The average Bonchev–Trinajstić information content (AvgIpc) is 2.71. The summed E-state index contributed by atoms with van der Waals surface area (Å²) in [6, 6.07) is 6.08. The van der Waals surface area contributed by atoms with E-state index in [1.165, 1.54) is 11.4 Å². The van der Waals surface area contributed by atoms with Crippen LogP contribution in [0.15, 0.2) is 29.2 Å². The summed E-state index contributed by atoms with van der Waals surface area (Å²) in [5.41, 5.74) is 0.996. The molecule has 0 radical (unpaired) electrons. The Hall–Kier alpha value is -1.93. The van der Waals surface area contributed by atoms with E-state index in [0.29, 0.717) is 12.8 Å². The van der Waals surface area contributed by atoms with Crippen molar-refractivity contribution >= 4 is 21.9 Å². The number of esters is 1. The van der Waals surface area contributed by atoms with Crippen molar-refractivity contribution in [1.82, 2.24) is 9.62 Å². The fraction of sp³-hybridized carbons (Fsp3) is 0.600. The van der Waals surface area contributed by atoms with Crippen LogP contribution in [-0.4, -0.2) is 50.8 Å². The monoisotopic (exact) mass is 410 g/mol. The van der Waals surface area contributed by atoms with Crippen LogP contribution in [0.25, 0.3) is 0 Å². The summed E-state index contributed by atoms with van der Waals surface area (Å²) in [6.45, 7) is 6.29. The van der Waals surface area contributed by atoms with E-state index in [2.05, 4.69) is 5.32 Å². The van der Waals surface area contributed by atoms with E-state index in [9.17, 15) is 18.0 Å². The number of nitrogens with one attached hydrogen (secondary N) is 1. The summed E-state index contributed by atoms with van der Waals surface area (Å²) < 4.78 is 31.8. The molecular weight excluding hydrogens is 380 g/mol. The topological polar surface area (TPSA) is 92.8 Å². The number of amides is 1. The molecule has 0 aromatic heterocycles. The Bertz CT molecular complexity index is 783. The second kappa shape index (κ2) is 9.52. The minimum Gasteiger partial charge on any atom is -0.467 e. The predicted octanol–water partition coefficient (Wildman–Crippen LogP) is 2.10. The molecule has 28 heavy (non-hydrogen) atoms. The van der Waals surface area contributed by atoms with Crippen LogP contribution in [0, 0.1) is 18.8 Å². The predicted molar refractivity (Wildman–Crippen MR) is 106 cm³/mol. The lowest BCUT2D eigenvalue weighted by Gasteiger charge is -2.32. The Morgan fingerprint density at radius 3 is 2.29 bits per heavy atom. The Labute approximate surface area is 167 Å². The Kier molecular flexibility index (Phi) is 7.60. The molecule has 1 amide bonds. The van der Waals surface area contributed by atoms with Crippen molar-refractivity contribution in [2.24, 2.45) is 11.8 Å². The first-order valence-corrected chi connectivity index (χ1v) is 11.1. The summed E-state index contributed by atoms with van der Waals surface area (Å²) in [5.74, 6) is -1.04. The molecule has 1 heterocycles. The highest BCUT2D eigenvalue weighted by molar-refractivity contribution is 7.89. The highest BCUT2D eigenvalue weighted by Gasteiger charge is 2.34. The lowest BCUT2D eigenvalue weighted by atomic mass is 9.94. The fourth-order valence-corrected chi connectivity index (χ4v) is 4.75. The van der Waals surface area contributed by atoms with Crippen LogP contribution >= 0.6 is 0 Å². The van der Waals surface area contributed by atoms with Gasteiger partial charge >= 0.3 is 5.97 Å². The molecule has 1 aliphatic rings. The van der Waals surface area contributed by atoms with Crippen molar-refractivity contribution in [3.05, 3.63) is 29.8 Å². The van der Waals surface area contributed by atoms with Gasteiger partial charge in [-0.1, -0.05) is 38.0 Å². The molecule has 2 atom stereocenters. The van der Waals surface area contributed by atoms with Gasteiger partial charge in [0.1, 0.15) is 6.04 Å². The third-order valence-electron chi connectivity index (χ3n) is 5.45. The van der Waals surface area contributed by atoms with Gasteiger partial charge in [0.25, 0.3) is 0 Å². The van der Waals surface area contributed by atoms with Crippen molar-refractivity contribution in [1.29, 1.82) is 0 Å². The summed E-state index contributed by atoms with van der Waals surface area (Å²) in [6.07, 6.45) is 1.57. The molecule has 0 saturated carbocycles. The van der Waals surface area contributed by atoms with Gasteiger partial charge in [0.2, 0.25) is 15.9 Å². The number of benzene rings is 1. The normalized spacial score (nSPS) is 18.3. The van der Waals surface area contributed by atoms with Gasteiger partial charge < -0.3 is 10.1 Å². The number of rotatable bonds is 7. The Morgan fingerprint density at radius 2 is 1.79 bits per heavy atom. The zero-order chi connectivity index (χ0) is 20.9. The second-order valence-corrected chi connectivity index (χ2v) is 9.32. The minimum atomic E-state index is -3.56. The van der Waals surface area contributed by atoms with E-state index in [1.807, 2.05) is 20.8 Å². The Morgan fingerprint density at radius 1 is 1.21 bits per heavy atom. The van der Waals surface area contributed by atoms with Crippen LogP contribution in [0.3, 0.4) is 0 Å². The van der Waals surface area contributed by atoms with Crippen molar-refractivity contribution in [2.75, 3.05) is 20.2 Å². The maximum absolute atomic E-state index is 12.8. The number of sulfonamides is 1. The molecular formula is C20H30N2O5S. The van der Waals surface area contributed by atoms with Gasteiger partial charge in [-0.3, -0.25) is 4.79 Å². The lowest BCUT2D eigenvalue weighted by molar-refractivity contribution is -0.147. The van der Waals surface area contributed by atoms with E-state index in [-0.39, 0.29) is 35.7 Å². The number of piperidine rings is 1. The molecule has 7 nitrogen and oxygen atoms in total. The molecule has 8 heteroatoms. The van der Waals surface area contributed by atoms with Crippen LogP contribution < -0.4 is 5.32 Å². The van der Waals surface area contributed by atoms with Crippen LogP contribution in [0.5, 0.6) is 0 Å². The summed E-state index contributed by atoms with van der Waals surface area (Å²) in [4.78, 5) is 24.9.